The molecule has 31 heavy (non-hydrogen) atoms. The van der Waals surface area contributed by atoms with Crippen LogP contribution >= 0.6 is 0 Å². The average Bonchev–Trinajstić information content (AvgIpc) is 3.12. The quantitative estimate of drug-likeness (QED) is 0.392. The van der Waals surface area contributed by atoms with Gasteiger partial charge in [0.25, 0.3) is 5.56 Å². The van der Waals surface area contributed by atoms with E-state index in [0.29, 0.717) is 34.0 Å². The molecule has 0 radical (unpaired) electrons. The molecular weight excluding hydrogens is 388 g/mol. The van der Waals surface area contributed by atoms with Crippen LogP contribution in [0.1, 0.15) is 28.4 Å². The fraction of sp³-hybridized carbons (Fsp3) is 0.120. The summed E-state index contributed by atoms with van der Waals surface area (Å²) >= 11 is 0. The molecule has 5 rings (SSSR count). The summed E-state index contributed by atoms with van der Waals surface area (Å²) < 4.78 is 7.10. The Hall–Kier alpha value is -4.06. The van der Waals surface area contributed by atoms with Gasteiger partial charge in [0.1, 0.15) is 17.2 Å². The standard InChI is InChI=1S/C25H20N4O2/c1-15-8-10-18(11-9-15)12-13-22-23(16(2)28-31-22)29-17(3)26-24-20(25(29)30)14-19-6-4-5-7-21(19)27-24/h4-14H,1-3H3/b13-12+. The molecule has 0 spiro atoms. The topological polar surface area (TPSA) is 73.8 Å². The van der Waals surface area contributed by atoms with Crippen LogP contribution in [-0.2, 0) is 0 Å². The van der Waals surface area contributed by atoms with Crippen LogP contribution in [0.25, 0.3) is 39.8 Å². The molecule has 6 nitrogen and oxygen atoms in total. The van der Waals surface area contributed by atoms with Gasteiger partial charge >= 0.3 is 0 Å². The molecular formula is C25H20N4O2. The molecule has 3 heterocycles. The Labute approximate surface area is 178 Å². The molecule has 0 saturated carbocycles. The Morgan fingerprint density at radius 1 is 0.935 bits per heavy atom. The van der Waals surface area contributed by atoms with E-state index >= 15 is 0 Å². The average molecular weight is 408 g/mol. The van der Waals surface area contributed by atoms with Crippen molar-refractivity contribution in [3.8, 4) is 5.69 Å². The van der Waals surface area contributed by atoms with Crippen LogP contribution in [0.2, 0.25) is 0 Å². The van der Waals surface area contributed by atoms with Crippen molar-refractivity contribution in [1.82, 2.24) is 19.7 Å². The molecule has 0 fully saturated rings. The minimum atomic E-state index is -0.197. The van der Waals surface area contributed by atoms with Gasteiger partial charge in [-0.1, -0.05) is 59.3 Å². The van der Waals surface area contributed by atoms with Gasteiger partial charge in [-0.15, -0.1) is 0 Å². The lowest BCUT2D eigenvalue weighted by Crippen LogP contribution is -2.23. The highest BCUT2D eigenvalue weighted by atomic mass is 16.5. The first-order valence-electron chi connectivity index (χ1n) is 10.0. The Balaban J connectivity index is 1.69. The highest BCUT2D eigenvalue weighted by molar-refractivity contribution is 5.90. The molecule has 0 aliphatic carbocycles. The van der Waals surface area contributed by atoms with Crippen LogP contribution < -0.4 is 5.56 Å². The number of nitrogens with zero attached hydrogens (tertiary/aromatic N) is 4. The Kier molecular flexibility index (Phi) is 4.47. The maximum absolute atomic E-state index is 13.5. The van der Waals surface area contributed by atoms with E-state index in [1.165, 1.54) is 5.56 Å². The van der Waals surface area contributed by atoms with E-state index in [4.69, 9.17) is 4.52 Å². The lowest BCUT2D eigenvalue weighted by Gasteiger charge is -2.10. The van der Waals surface area contributed by atoms with E-state index in [1.807, 2.05) is 80.6 Å². The summed E-state index contributed by atoms with van der Waals surface area (Å²) in [5.41, 5.74) is 4.47. The zero-order chi connectivity index (χ0) is 21.5. The second-order valence-corrected chi connectivity index (χ2v) is 7.58. The molecule has 2 aromatic carbocycles. The zero-order valence-electron chi connectivity index (χ0n) is 17.5. The number of benzene rings is 2. The lowest BCUT2D eigenvalue weighted by molar-refractivity contribution is 0.408. The molecule has 0 aliphatic rings. The van der Waals surface area contributed by atoms with Crippen molar-refractivity contribution < 1.29 is 4.52 Å². The molecule has 0 atom stereocenters. The van der Waals surface area contributed by atoms with Crippen molar-refractivity contribution in [1.29, 1.82) is 0 Å². The number of aryl methyl sites for hydroxylation is 3. The van der Waals surface area contributed by atoms with Gasteiger partial charge < -0.3 is 4.52 Å². The zero-order valence-corrected chi connectivity index (χ0v) is 17.5. The number of pyridine rings is 1. The number of hydrogen-bond acceptors (Lipinski definition) is 5. The van der Waals surface area contributed by atoms with E-state index in [2.05, 4.69) is 15.1 Å². The number of hydrogen-bond donors (Lipinski definition) is 0. The minimum Gasteiger partial charge on any atom is -0.354 e. The van der Waals surface area contributed by atoms with E-state index in [1.54, 1.807) is 11.5 Å². The first kappa shape index (κ1) is 18.9. The summed E-state index contributed by atoms with van der Waals surface area (Å²) in [6.07, 6.45) is 3.77. The van der Waals surface area contributed by atoms with Crippen LogP contribution in [0.4, 0.5) is 0 Å². The normalized spacial score (nSPS) is 11.7. The summed E-state index contributed by atoms with van der Waals surface area (Å²) in [5.74, 6) is 1.02. The Morgan fingerprint density at radius 3 is 2.52 bits per heavy atom. The van der Waals surface area contributed by atoms with Gasteiger partial charge in [-0.2, -0.15) is 0 Å². The molecule has 0 bridgehead atoms. The molecule has 5 aromatic rings. The van der Waals surface area contributed by atoms with Crippen molar-refractivity contribution in [3.63, 3.8) is 0 Å². The third-order valence-electron chi connectivity index (χ3n) is 5.31. The third kappa shape index (κ3) is 3.32. The summed E-state index contributed by atoms with van der Waals surface area (Å²) in [5, 5.41) is 5.45. The highest BCUT2D eigenvalue weighted by Gasteiger charge is 2.19. The van der Waals surface area contributed by atoms with Crippen molar-refractivity contribution in [2.75, 3.05) is 0 Å². The van der Waals surface area contributed by atoms with E-state index in [0.717, 1.165) is 16.5 Å². The van der Waals surface area contributed by atoms with Crippen LogP contribution in [0.3, 0.4) is 0 Å². The fourth-order valence-corrected chi connectivity index (χ4v) is 3.70. The molecule has 0 N–H and O–H groups in total. The maximum atomic E-state index is 13.5. The first-order chi connectivity index (χ1) is 15.0. The second kappa shape index (κ2) is 7.32. The SMILES string of the molecule is Cc1ccc(/C=C/c2onc(C)c2-n2c(C)nc3nc4ccccc4cc3c2=O)cc1. The number of aromatic nitrogens is 4. The summed E-state index contributed by atoms with van der Waals surface area (Å²) in [6, 6.07) is 17.7. The van der Waals surface area contributed by atoms with Gasteiger partial charge in [-0.05, 0) is 44.5 Å². The molecule has 0 aliphatic heterocycles. The van der Waals surface area contributed by atoms with Gasteiger partial charge in [0.15, 0.2) is 11.4 Å². The van der Waals surface area contributed by atoms with Crippen LogP contribution in [-0.4, -0.2) is 19.7 Å². The van der Waals surface area contributed by atoms with Gasteiger partial charge in [0.05, 0.1) is 10.9 Å². The van der Waals surface area contributed by atoms with Crippen molar-refractivity contribution in [2.24, 2.45) is 0 Å². The Bertz CT molecular complexity index is 1530. The molecule has 0 unspecified atom stereocenters. The third-order valence-corrected chi connectivity index (χ3v) is 5.31. The number of para-hydroxylation sites is 1. The van der Waals surface area contributed by atoms with Crippen LogP contribution in [0, 0.1) is 20.8 Å². The fourth-order valence-electron chi connectivity index (χ4n) is 3.70. The van der Waals surface area contributed by atoms with E-state index < -0.39 is 0 Å². The van der Waals surface area contributed by atoms with Gasteiger partial charge in [0, 0.05) is 5.39 Å². The van der Waals surface area contributed by atoms with Gasteiger partial charge in [0.2, 0.25) is 0 Å². The highest BCUT2D eigenvalue weighted by Crippen LogP contribution is 2.23. The first-order valence-corrected chi connectivity index (χ1v) is 10.0. The number of fused-ring (bicyclic) bond motifs is 2. The van der Waals surface area contributed by atoms with Gasteiger partial charge in [-0.3, -0.25) is 9.36 Å². The summed E-state index contributed by atoms with van der Waals surface area (Å²) in [4.78, 5) is 22.7. The predicted molar refractivity (Wildman–Crippen MR) is 122 cm³/mol. The minimum absolute atomic E-state index is 0.197. The molecule has 0 saturated heterocycles. The lowest BCUT2D eigenvalue weighted by atomic mass is 10.1. The molecule has 152 valence electrons. The smallest absolute Gasteiger partial charge is 0.267 e. The second-order valence-electron chi connectivity index (χ2n) is 7.58. The van der Waals surface area contributed by atoms with Crippen LogP contribution in [0.5, 0.6) is 0 Å². The Morgan fingerprint density at radius 2 is 1.71 bits per heavy atom. The molecule has 6 heteroatoms. The van der Waals surface area contributed by atoms with E-state index in [-0.39, 0.29) is 5.56 Å². The summed E-state index contributed by atoms with van der Waals surface area (Å²) in [6.45, 7) is 5.65. The van der Waals surface area contributed by atoms with Crippen molar-refractivity contribution in [3.05, 3.63) is 93.4 Å². The molecule has 0 amide bonds. The summed E-state index contributed by atoms with van der Waals surface area (Å²) in [7, 11) is 0. The number of rotatable bonds is 3. The maximum Gasteiger partial charge on any atom is 0.267 e. The van der Waals surface area contributed by atoms with Crippen LogP contribution in [0.15, 0.2) is 63.9 Å². The van der Waals surface area contributed by atoms with Crippen molar-refractivity contribution >= 4 is 34.1 Å². The van der Waals surface area contributed by atoms with E-state index in [9.17, 15) is 4.79 Å². The van der Waals surface area contributed by atoms with Crippen molar-refractivity contribution in [2.45, 2.75) is 20.8 Å². The van der Waals surface area contributed by atoms with Gasteiger partial charge in [-0.25, -0.2) is 9.97 Å². The monoisotopic (exact) mass is 408 g/mol. The predicted octanol–water partition coefficient (Wildman–Crippen LogP) is 5.02. The largest absolute Gasteiger partial charge is 0.354 e. The molecule has 3 aromatic heterocycles.